The molecule has 1 aliphatic heterocycles. The van der Waals surface area contributed by atoms with E-state index in [2.05, 4.69) is 25.6 Å². The second-order valence-corrected chi connectivity index (χ2v) is 5.93. The van der Waals surface area contributed by atoms with Crippen LogP contribution in [0.2, 0.25) is 0 Å². The number of thioether (sulfide) groups is 1. The van der Waals surface area contributed by atoms with Gasteiger partial charge in [0.1, 0.15) is 0 Å². The Morgan fingerprint density at radius 1 is 1.20 bits per heavy atom. The minimum Gasteiger partial charge on any atom is -0.161 e. The summed E-state index contributed by atoms with van der Waals surface area (Å²) in [5, 5.41) is 0. The Kier molecular flexibility index (Phi) is 1.36. The van der Waals surface area contributed by atoms with E-state index in [0.29, 0.717) is 5.41 Å². The van der Waals surface area contributed by atoms with E-state index in [1.54, 1.807) is 0 Å². The predicted molar refractivity (Wildman–Crippen MR) is 47.4 cm³/mol. The van der Waals surface area contributed by atoms with Crippen LogP contribution >= 0.6 is 11.8 Å². The maximum atomic E-state index is 2.40. The quantitative estimate of drug-likeness (QED) is 0.519. The normalized spacial score (nSPS) is 34.2. The average molecular weight is 156 g/mol. The lowest BCUT2D eigenvalue weighted by molar-refractivity contribution is 0.0104. The Morgan fingerprint density at radius 2 is 1.90 bits per heavy atom. The molecule has 2 rings (SSSR count). The zero-order chi connectivity index (χ0) is 7.24. The van der Waals surface area contributed by atoms with Crippen molar-refractivity contribution in [3.63, 3.8) is 0 Å². The fourth-order valence-corrected chi connectivity index (χ4v) is 4.41. The number of hydrogen-bond acceptors (Lipinski definition) is 1. The lowest BCUT2D eigenvalue weighted by Gasteiger charge is -2.51. The van der Waals surface area contributed by atoms with Crippen LogP contribution in [-0.2, 0) is 0 Å². The summed E-state index contributed by atoms with van der Waals surface area (Å²) in [6.07, 6.45) is 4.49. The van der Waals surface area contributed by atoms with Gasteiger partial charge in [0.05, 0.1) is 0 Å². The Labute approximate surface area is 67.8 Å². The van der Waals surface area contributed by atoms with E-state index >= 15 is 0 Å². The van der Waals surface area contributed by atoms with Gasteiger partial charge in [-0.1, -0.05) is 13.8 Å². The molecule has 58 valence electrons. The van der Waals surface area contributed by atoms with E-state index < -0.39 is 0 Å². The molecule has 0 aromatic carbocycles. The van der Waals surface area contributed by atoms with Gasteiger partial charge < -0.3 is 0 Å². The van der Waals surface area contributed by atoms with E-state index in [1.807, 2.05) is 0 Å². The van der Waals surface area contributed by atoms with Crippen molar-refractivity contribution in [3.05, 3.63) is 0 Å². The highest BCUT2D eigenvalue weighted by molar-refractivity contribution is 7.99. The summed E-state index contributed by atoms with van der Waals surface area (Å²) in [6.45, 7) is 4.81. The second kappa shape index (κ2) is 1.94. The molecular weight excluding hydrogens is 140 g/mol. The van der Waals surface area contributed by atoms with Crippen molar-refractivity contribution in [2.24, 2.45) is 10.8 Å². The van der Waals surface area contributed by atoms with Crippen LogP contribution in [0.3, 0.4) is 0 Å². The maximum Gasteiger partial charge on any atom is -0.00101 e. The minimum atomic E-state index is 0.685. The van der Waals surface area contributed by atoms with Crippen LogP contribution in [0.5, 0.6) is 0 Å². The molecule has 1 spiro atoms. The van der Waals surface area contributed by atoms with Gasteiger partial charge >= 0.3 is 0 Å². The summed E-state index contributed by atoms with van der Waals surface area (Å²) in [5.74, 6) is 2.88. The average Bonchev–Trinajstić information content (AvgIpc) is 2.10. The van der Waals surface area contributed by atoms with Crippen molar-refractivity contribution >= 4 is 11.8 Å². The largest absolute Gasteiger partial charge is 0.161 e. The topological polar surface area (TPSA) is 0 Å². The Morgan fingerprint density at radius 3 is 2.30 bits per heavy atom. The third kappa shape index (κ3) is 0.990. The molecule has 0 N–H and O–H groups in total. The molecule has 0 unspecified atom stereocenters. The molecule has 1 heteroatoms. The summed E-state index contributed by atoms with van der Waals surface area (Å²) in [5.41, 5.74) is 1.50. The van der Waals surface area contributed by atoms with Gasteiger partial charge in [-0.15, -0.1) is 0 Å². The third-order valence-corrected chi connectivity index (χ3v) is 4.20. The van der Waals surface area contributed by atoms with Crippen LogP contribution in [0, 0.1) is 10.8 Å². The van der Waals surface area contributed by atoms with Crippen molar-refractivity contribution in [2.45, 2.75) is 33.1 Å². The molecule has 1 saturated heterocycles. The molecule has 0 aromatic heterocycles. The minimum absolute atomic E-state index is 0.685. The highest BCUT2D eigenvalue weighted by atomic mass is 32.2. The van der Waals surface area contributed by atoms with Gasteiger partial charge in [0.2, 0.25) is 0 Å². The van der Waals surface area contributed by atoms with Crippen molar-refractivity contribution in [3.8, 4) is 0 Å². The van der Waals surface area contributed by atoms with Gasteiger partial charge in [0.15, 0.2) is 0 Å². The van der Waals surface area contributed by atoms with Crippen molar-refractivity contribution in [1.82, 2.24) is 0 Å². The third-order valence-electron chi connectivity index (χ3n) is 2.89. The van der Waals surface area contributed by atoms with Gasteiger partial charge in [-0.3, -0.25) is 0 Å². The first-order valence-electron chi connectivity index (χ1n) is 4.20. The molecule has 1 aliphatic carbocycles. The van der Waals surface area contributed by atoms with E-state index in [4.69, 9.17) is 0 Å². The molecule has 1 heterocycles. The first kappa shape index (κ1) is 7.02. The summed E-state index contributed by atoms with van der Waals surface area (Å²) >= 11 is 2.16. The standard InChI is InChI=1S/C9H16S/c1-8(2)5-9(6-8)3-4-10-7-9/h3-7H2,1-2H3. The van der Waals surface area contributed by atoms with Gasteiger partial charge in [0, 0.05) is 0 Å². The molecular formula is C9H16S. The van der Waals surface area contributed by atoms with Gasteiger partial charge in [-0.25, -0.2) is 0 Å². The molecule has 0 aromatic rings. The molecule has 2 aliphatic rings. The van der Waals surface area contributed by atoms with E-state index in [0.717, 1.165) is 5.41 Å². The smallest absolute Gasteiger partial charge is 0.00101 e. The second-order valence-electron chi connectivity index (χ2n) is 4.82. The lowest BCUT2D eigenvalue weighted by atomic mass is 9.54. The monoisotopic (exact) mass is 156 g/mol. The van der Waals surface area contributed by atoms with Crippen LogP contribution in [0.4, 0.5) is 0 Å². The van der Waals surface area contributed by atoms with Gasteiger partial charge in [-0.2, -0.15) is 11.8 Å². The molecule has 0 radical (unpaired) electrons. The van der Waals surface area contributed by atoms with Crippen molar-refractivity contribution < 1.29 is 0 Å². The molecule has 0 nitrogen and oxygen atoms in total. The molecule has 2 fully saturated rings. The summed E-state index contributed by atoms with van der Waals surface area (Å²) in [6, 6.07) is 0. The first-order valence-corrected chi connectivity index (χ1v) is 5.35. The highest BCUT2D eigenvalue weighted by Gasteiger charge is 2.50. The first-order chi connectivity index (χ1) is 4.62. The highest BCUT2D eigenvalue weighted by Crippen LogP contribution is 2.60. The van der Waals surface area contributed by atoms with Crippen LogP contribution in [0.25, 0.3) is 0 Å². The molecule has 0 atom stereocenters. The van der Waals surface area contributed by atoms with E-state index in [9.17, 15) is 0 Å². The molecule has 0 amide bonds. The Hall–Kier alpha value is 0.350. The maximum absolute atomic E-state index is 2.40. The zero-order valence-corrected chi connectivity index (χ0v) is 7.76. The van der Waals surface area contributed by atoms with E-state index in [-0.39, 0.29) is 0 Å². The number of rotatable bonds is 0. The fourth-order valence-electron chi connectivity index (χ4n) is 2.91. The van der Waals surface area contributed by atoms with E-state index in [1.165, 1.54) is 30.8 Å². The number of hydrogen-bond donors (Lipinski definition) is 0. The Balaban J connectivity index is 1.98. The van der Waals surface area contributed by atoms with Crippen LogP contribution in [-0.4, -0.2) is 11.5 Å². The molecule has 0 bridgehead atoms. The van der Waals surface area contributed by atoms with Crippen LogP contribution in [0.15, 0.2) is 0 Å². The summed E-state index contributed by atoms with van der Waals surface area (Å²) in [7, 11) is 0. The fraction of sp³-hybridized carbons (Fsp3) is 1.00. The Bertz CT molecular complexity index is 133. The molecule has 1 saturated carbocycles. The van der Waals surface area contributed by atoms with Crippen molar-refractivity contribution in [2.75, 3.05) is 11.5 Å². The predicted octanol–water partition coefficient (Wildman–Crippen LogP) is 2.93. The SMILES string of the molecule is CC1(C)CC2(CCSC2)C1. The van der Waals surface area contributed by atoms with Crippen LogP contribution < -0.4 is 0 Å². The molecule has 10 heavy (non-hydrogen) atoms. The zero-order valence-electron chi connectivity index (χ0n) is 6.94. The van der Waals surface area contributed by atoms with Gasteiger partial charge in [0.25, 0.3) is 0 Å². The summed E-state index contributed by atoms with van der Waals surface area (Å²) < 4.78 is 0. The van der Waals surface area contributed by atoms with Crippen molar-refractivity contribution in [1.29, 1.82) is 0 Å². The van der Waals surface area contributed by atoms with Gasteiger partial charge in [-0.05, 0) is 41.6 Å². The van der Waals surface area contributed by atoms with Crippen LogP contribution in [0.1, 0.15) is 33.1 Å². The summed E-state index contributed by atoms with van der Waals surface area (Å²) in [4.78, 5) is 0. The lowest BCUT2D eigenvalue weighted by Crippen LogP contribution is -2.42.